The number of nitrogens with zero attached hydrogens (tertiary/aromatic N) is 4. The Kier molecular flexibility index (Phi) is 15.5. The lowest BCUT2D eigenvalue weighted by atomic mass is 10.1. The second-order valence-corrected chi connectivity index (χ2v) is 22.7. The first-order chi connectivity index (χ1) is 27.4. The zero-order valence-corrected chi connectivity index (χ0v) is 37.1. The van der Waals surface area contributed by atoms with Crippen LogP contribution in [0.25, 0.3) is 0 Å². The number of hydrogen-bond donors (Lipinski definition) is 0. The first kappa shape index (κ1) is 45.6. The van der Waals surface area contributed by atoms with Crippen molar-refractivity contribution >= 4 is 40.1 Å². The van der Waals surface area contributed by atoms with Crippen LogP contribution in [0.2, 0.25) is 0 Å². The summed E-state index contributed by atoms with van der Waals surface area (Å²) in [5.41, 5.74) is 3.53. The first-order valence-electron chi connectivity index (χ1n) is 19.7. The second kappa shape index (κ2) is 19.7. The molecular formula is C42H56N4O8S4. The Morgan fingerprint density at radius 3 is 0.690 bits per heavy atom. The van der Waals surface area contributed by atoms with Gasteiger partial charge in [-0.1, -0.05) is 90.0 Å². The van der Waals surface area contributed by atoms with Crippen LogP contribution in [0.5, 0.6) is 0 Å². The lowest BCUT2D eigenvalue weighted by Crippen LogP contribution is -2.44. The van der Waals surface area contributed by atoms with E-state index >= 15 is 0 Å². The minimum absolute atomic E-state index is 0.0364. The Balaban J connectivity index is 1.52. The van der Waals surface area contributed by atoms with Crippen LogP contribution in [-0.2, 0) is 40.1 Å². The third kappa shape index (κ3) is 11.4. The SMILES string of the molecule is Cc1ccc(S(=O)(=O)N2CCCCCCCN(S(=O)(=O)c3ccc(C)cc3)CCN(S(=O)(=O)c3ccc(C)cc3)CCCN(S(=O)(=O)c3ccc(C)cc3)CC2)cc1. The van der Waals surface area contributed by atoms with E-state index < -0.39 is 40.1 Å². The molecule has 1 saturated heterocycles. The molecule has 0 radical (unpaired) electrons. The molecule has 0 spiro atoms. The molecule has 0 atom stereocenters. The Bertz CT molecular complexity index is 2240. The van der Waals surface area contributed by atoms with Crippen LogP contribution >= 0.6 is 0 Å². The van der Waals surface area contributed by atoms with Gasteiger partial charge in [0.05, 0.1) is 19.6 Å². The van der Waals surface area contributed by atoms with Gasteiger partial charge in [-0.05, 0) is 95.5 Å². The lowest BCUT2D eigenvalue weighted by molar-refractivity contribution is 0.307. The Labute approximate surface area is 346 Å². The minimum atomic E-state index is -4.16. The monoisotopic (exact) mass is 872 g/mol. The van der Waals surface area contributed by atoms with Crippen molar-refractivity contribution in [1.29, 1.82) is 0 Å². The van der Waals surface area contributed by atoms with Gasteiger partial charge < -0.3 is 0 Å². The second-order valence-electron chi connectivity index (χ2n) is 15.0. The number of aryl methyl sites for hydroxylation is 4. The summed E-state index contributed by atoms with van der Waals surface area (Å²) >= 11 is 0. The van der Waals surface area contributed by atoms with Crippen LogP contribution < -0.4 is 0 Å². The molecule has 4 aromatic carbocycles. The number of sulfonamides is 4. The van der Waals surface area contributed by atoms with Crippen LogP contribution in [0.4, 0.5) is 0 Å². The Hall–Kier alpha value is -3.48. The number of rotatable bonds is 8. The van der Waals surface area contributed by atoms with Crippen molar-refractivity contribution in [3.63, 3.8) is 0 Å². The third-order valence-corrected chi connectivity index (χ3v) is 18.1. The van der Waals surface area contributed by atoms with Gasteiger partial charge >= 0.3 is 0 Å². The average Bonchev–Trinajstić information content (AvgIpc) is 3.18. The van der Waals surface area contributed by atoms with Crippen molar-refractivity contribution in [3.8, 4) is 0 Å². The molecule has 0 unspecified atom stereocenters. The van der Waals surface area contributed by atoms with Crippen molar-refractivity contribution in [2.45, 2.75) is 85.8 Å². The molecule has 58 heavy (non-hydrogen) atoms. The molecule has 0 bridgehead atoms. The largest absolute Gasteiger partial charge is 0.243 e. The van der Waals surface area contributed by atoms with Crippen molar-refractivity contribution in [2.24, 2.45) is 0 Å². The summed E-state index contributed by atoms with van der Waals surface area (Å²) in [6.07, 6.45) is 3.13. The summed E-state index contributed by atoms with van der Waals surface area (Å²) in [5.74, 6) is 0. The zero-order valence-electron chi connectivity index (χ0n) is 33.8. The molecule has 0 saturated carbocycles. The fraction of sp³-hybridized carbons (Fsp3) is 0.429. The highest BCUT2D eigenvalue weighted by Crippen LogP contribution is 2.24. The molecule has 1 heterocycles. The van der Waals surface area contributed by atoms with Crippen molar-refractivity contribution < 1.29 is 33.7 Å². The van der Waals surface area contributed by atoms with Gasteiger partial charge in [0.25, 0.3) is 0 Å². The molecule has 0 aromatic heterocycles. The summed E-state index contributed by atoms with van der Waals surface area (Å²) in [7, 11) is -16.3. The Morgan fingerprint density at radius 2 is 0.466 bits per heavy atom. The van der Waals surface area contributed by atoms with Crippen molar-refractivity contribution in [2.75, 3.05) is 52.4 Å². The van der Waals surface area contributed by atoms with Gasteiger partial charge in [0, 0.05) is 52.4 Å². The highest BCUT2D eigenvalue weighted by molar-refractivity contribution is 7.90. The molecule has 316 valence electrons. The highest BCUT2D eigenvalue weighted by Gasteiger charge is 2.32. The fourth-order valence-corrected chi connectivity index (χ4v) is 12.7. The summed E-state index contributed by atoms with van der Waals surface area (Å²) in [4.78, 5) is 0.295. The molecule has 0 amide bonds. The fourth-order valence-electron chi connectivity index (χ4n) is 6.82. The molecule has 1 aliphatic rings. The summed E-state index contributed by atoms with van der Waals surface area (Å²) in [6, 6.07) is 25.9. The molecule has 16 heteroatoms. The quantitative estimate of drug-likeness (QED) is 0.199. The van der Waals surface area contributed by atoms with Gasteiger partial charge in [-0.15, -0.1) is 0 Å². The molecule has 5 rings (SSSR count). The van der Waals surface area contributed by atoms with Gasteiger partial charge in [0.2, 0.25) is 40.1 Å². The standard InChI is InChI=1S/C42H56N4O8S4/c1-35-11-19-39(20-12-35)55(47,48)43-27-8-6-5-7-9-28-44(56(49,50)40-21-13-36(2)14-22-40)32-34-46(58(53,54)42-25-17-38(4)18-26-42)30-10-29-45(33-31-43)57(51,52)41-23-15-37(3)16-24-41/h11-26H,5-10,27-34H2,1-4H3. The zero-order chi connectivity index (χ0) is 42.1. The van der Waals surface area contributed by atoms with Crippen LogP contribution in [0.15, 0.2) is 117 Å². The van der Waals surface area contributed by atoms with Crippen LogP contribution in [0, 0.1) is 27.7 Å². The van der Waals surface area contributed by atoms with Crippen LogP contribution in [-0.4, -0.2) is 103 Å². The third-order valence-electron chi connectivity index (χ3n) is 10.5. The average molecular weight is 873 g/mol. The van der Waals surface area contributed by atoms with E-state index in [0.717, 1.165) is 22.3 Å². The van der Waals surface area contributed by atoms with E-state index in [9.17, 15) is 33.7 Å². The molecule has 0 aliphatic carbocycles. The van der Waals surface area contributed by atoms with E-state index in [2.05, 4.69) is 0 Å². The van der Waals surface area contributed by atoms with E-state index in [1.54, 1.807) is 72.8 Å². The summed E-state index contributed by atoms with van der Waals surface area (Å²) in [5, 5.41) is 0. The van der Waals surface area contributed by atoms with Gasteiger partial charge in [-0.3, -0.25) is 0 Å². The lowest BCUT2D eigenvalue weighted by Gasteiger charge is -2.30. The van der Waals surface area contributed by atoms with Gasteiger partial charge in [-0.25, -0.2) is 33.7 Å². The topological polar surface area (TPSA) is 150 Å². The maximum Gasteiger partial charge on any atom is 0.243 e. The van der Waals surface area contributed by atoms with Crippen LogP contribution in [0.1, 0.15) is 60.8 Å². The first-order valence-corrected chi connectivity index (χ1v) is 25.5. The maximum absolute atomic E-state index is 14.3. The van der Waals surface area contributed by atoms with Gasteiger partial charge in [0.1, 0.15) is 0 Å². The summed E-state index contributed by atoms with van der Waals surface area (Å²) in [6.45, 7) is 6.92. The molecule has 12 nitrogen and oxygen atoms in total. The van der Waals surface area contributed by atoms with E-state index in [1.165, 1.54) is 41.5 Å². The summed E-state index contributed by atoms with van der Waals surface area (Å²) < 4.78 is 119. The predicted molar refractivity (Wildman–Crippen MR) is 227 cm³/mol. The van der Waals surface area contributed by atoms with Crippen LogP contribution in [0.3, 0.4) is 0 Å². The highest BCUT2D eigenvalue weighted by atomic mass is 32.2. The van der Waals surface area contributed by atoms with Gasteiger partial charge in [0.15, 0.2) is 0 Å². The molecule has 4 aromatic rings. The smallest absolute Gasteiger partial charge is 0.207 e. The normalized spacial score (nSPS) is 18.0. The predicted octanol–water partition coefficient (Wildman–Crippen LogP) is 6.34. The van der Waals surface area contributed by atoms with E-state index in [0.29, 0.717) is 32.1 Å². The van der Waals surface area contributed by atoms with E-state index in [4.69, 9.17) is 0 Å². The molecule has 1 fully saturated rings. The molecule has 1 aliphatic heterocycles. The van der Waals surface area contributed by atoms with Crippen molar-refractivity contribution in [1.82, 2.24) is 17.2 Å². The maximum atomic E-state index is 14.3. The van der Waals surface area contributed by atoms with Gasteiger partial charge in [-0.2, -0.15) is 17.2 Å². The van der Waals surface area contributed by atoms with E-state index in [-0.39, 0.29) is 78.4 Å². The van der Waals surface area contributed by atoms with Crippen molar-refractivity contribution in [3.05, 3.63) is 119 Å². The number of hydrogen-bond acceptors (Lipinski definition) is 8. The number of benzene rings is 4. The van der Waals surface area contributed by atoms with E-state index in [1.807, 2.05) is 27.7 Å². The minimum Gasteiger partial charge on any atom is -0.207 e. The molecule has 0 N–H and O–H groups in total. The molecular weight excluding hydrogens is 817 g/mol. The Morgan fingerprint density at radius 1 is 0.276 bits per heavy atom.